The number of hydrogen-bond acceptors (Lipinski definition) is 6. The van der Waals surface area contributed by atoms with Gasteiger partial charge in [0.25, 0.3) is 0 Å². The van der Waals surface area contributed by atoms with Gasteiger partial charge in [-0.15, -0.1) is 0 Å². The Kier molecular flexibility index (Phi) is 4.33. The Hall–Kier alpha value is -3.09. The summed E-state index contributed by atoms with van der Waals surface area (Å²) in [6, 6.07) is 9.23. The van der Waals surface area contributed by atoms with E-state index in [1.54, 1.807) is 28.4 Å². The lowest BCUT2D eigenvalue weighted by Gasteiger charge is -2.09. The van der Waals surface area contributed by atoms with E-state index in [-0.39, 0.29) is 0 Å². The smallest absolute Gasteiger partial charge is 0.205 e. The Morgan fingerprint density at radius 1 is 0.792 bits per heavy atom. The second-order valence-corrected chi connectivity index (χ2v) is 5.00. The number of methoxy groups -OCH3 is 4. The van der Waals surface area contributed by atoms with Gasteiger partial charge in [0.1, 0.15) is 0 Å². The molecule has 0 unspecified atom stereocenters. The third-order valence-corrected chi connectivity index (χ3v) is 3.63. The predicted octanol–water partition coefficient (Wildman–Crippen LogP) is 3.34. The van der Waals surface area contributed by atoms with E-state index in [0.29, 0.717) is 28.9 Å². The topological polar surface area (TPSA) is 77.6 Å². The molecular weight excluding hydrogens is 310 g/mol. The second-order valence-electron chi connectivity index (χ2n) is 5.00. The van der Waals surface area contributed by atoms with Crippen LogP contribution in [0.5, 0.6) is 23.0 Å². The van der Waals surface area contributed by atoms with Crippen molar-refractivity contribution in [1.29, 1.82) is 0 Å². The van der Waals surface area contributed by atoms with E-state index in [4.69, 9.17) is 18.9 Å². The maximum atomic E-state index is 5.31. The minimum Gasteiger partial charge on any atom is -0.493 e. The van der Waals surface area contributed by atoms with Gasteiger partial charge < -0.3 is 29.2 Å². The molecule has 0 fully saturated rings. The number of nitrogens with zero attached hydrogens (tertiary/aromatic N) is 1. The lowest BCUT2D eigenvalue weighted by atomic mass is 10.3. The van der Waals surface area contributed by atoms with Gasteiger partial charge in [0.2, 0.25) is 5.95 Å². The van der Waals surface area contributed by atoms with Crippen molar-refractivity contribution in [3.63, 3.8) is 0 Å². The minimum atomic E-state index is 0.604. The molecule has 0 aliphatic heterocycles. The first-order chi connectivity index (χ1) is 11.7. The third kappa shape index (κ3) is 2.88. The van der Waals surface area contributed by atoms with Crippen molar-refractivity contribution in [1.82, 2.24) is 9.97 Å². The summed E-state index contributed by atoms with van der Waals surface area (Å²) >= 11 is 0. The molecule has 0 saturated heterocycles. The van der Waals surface area contributed by atoms with Crippen LogP contribution in [0, 0.1) is 0 Å². The van der Waals surface area contributed by atoms with E-state index in [2.05, 4.69) is 15.3 Å². The van der Waals surface area contributed by atoms with Crippen LogP contribution in [0.2, 0.25) is 0 Å². The van der Waals surface area contributed by atoms with E-state index in [9.17, 15) is 0 Å². The van der Waals surface area contributed by atoms with Crippen LogP contribution in [0.15, 0.2) is 30.3 Å². The van der Waals surface area contributed by atoms with Gasteiger partial charge in [-0.25, -0.2) is 4.98 Å². The van der Waals surface area contributed by atoms with Crippen LogP contribution in [-0.4, -0.2) is 38.4 Å². The maximum Gasteiger partial charge on any atom is 0.205 e. The van der Waals surface area contributed by atoms with E-state index >= 15 is 0 Å². The lowest BCUT2D eigenvalue weighted by Crippen LogP contribution is -1.95. The number of nitrogens with one attached hydrogen (secondary N) is 2. The Balaban J connectivity index is 1.93. The number of anilines is 2. The SMILES string of the molecule is COc1ccc(Nc2nc3cc(OC)c(OC)cc3[nH]2)cc1OC. The van der Waals surface area contributed by atoms with Crippen LogP contribution in [-0.2, 0) is 0 Å². The van der Waals surface area contributed by atoms with E-state index in [1.807, 2.05) is 30.3 Å². The number of hydrogen-bond donors (Lipinski definition) is 2. The number of rotatable bonds is 6. The van der Waals surface area contributed by atoms with Crippen molar-refractivity contribution in [2.75, 3.05) is 33.8 Å². The quantitative estimate of drug-likeness (QED) is 0.722. The summed E-state index contributed by atoms with van der Waals surface area (Å²) in [7, 11) is 6.40. The van der Waals surface area contributed by atoms with Crippen LogP contribution in [0.25, 0.3) is 11.0 Å². The van der Waals surface area contributed by atoms with E-state index < -0.39 is 0 Å². The molecule has 7 nitrogen and oxygen atoms in total. The Morgan fingerprint density at radius 3 is 2.08 bits per heavy atom. The number of fused-ring (bicyclic) bond motifs is 1. The predicted molar refractivity (Wildman–Crippen MR) is 92.0 cm³/mol. The molecule has 0 spiro atoms. The van der Waals surface area contributed by atoms with Gasteiger partial charge in [0.15, 0.2) is 23.0 Å². The molecular formula is C17H19N3O4. The molecule has 0 radical (unpaired) electrons. The Labute approximate surface area is 139 Å². The number of ether oxygens (including phenoxy) is 4. The van der Waals surface area contributed by atoms with Crippen molar-refractivity contribution in [2.24, 2.45) is 0 Å². The molecule has 0 amide bonds. The summed E-state index contributed by atoms with van der Waals surface area (Å²) in [5.41, 5.74) is 2.44. The molecule has 126 valence electrons. The molecule has 3 aromatic rings. The first-order valence-electron chi connectivity index (χ1n) is 7.29. The summed E-state index contributed by atoms with van der Waals surface area (Å²) in [6.45, 7) is 0. The Morgan fingerprint density at radius 2 is 1.42 bits per heavy atom. The standard InChI is InChI=1S/C17H19N3O4/c1-21-13-6-5-10(7-14(13)22-2)18-17-19-11-8-15(23-3)16(24-4)9-12(11)20-17/h5-9H,1-4H3,(H2,18,19,20). The van der Waals surface area contributed by atoms with Crippen LogP contribution >= 0.6 is 0 Å². The number of imidazole rings is 1. The highest BCUT2D eigenvalue weighted by atomic mass is 16.5. The average Bonchev–Trinajstić information content (AvgIpc) is 3.01. The molecule has 1 aromatic heterocycles. The first kappa shape index (κ1) is 15.8. The number of benzene rings is 2. The zero-order valence-electron chi connectivity index (χ0n) is 14.0. The summed E-state index contributed by atoms with van der Waals surface area (Å²) < 4.78 is 21.1. The van der Waals surface area contributed by atoms with Crippen molar-refractivity contribution in [3.05, 3.63) is 30.3 Å². The summed E-state index contributed by atoms with van der Waals surface area (Å²) in [5.74, 6) is 3.19. The van der Waals surface area contributed by atoms with Crippen molar-refractivity contribution in [2.45, 2.75) is 0 Å². The van der Waals surface area contributed by atoms with Crippen molar-refractivity contribution >= 4 is 22.7 Å². The molecule has 2 aromatic carbocycles. The number of H-pyrrole nitrogens is 1. The average molecular weight is 329 g/mol. The summed E-state index contributed by atoms with van der Waals surface area (Å²) in [5, 5.41) is 3.21. The van der Waals surface area contributed by atoms with Gasteiger partial charge in [-0.05, 0) is 12.1 Å². The fraction of sp³-hybridized carbons (Fsp3) is 0.235. The molecule has 0 atom stereocenters. The van der Waals surface area contributed by atoms with Crippen molar-refractivity contribution < 1.29 is 18.9 Å². The lowest BCUT2D eigenvalue weighted by molar-refractivity contribution is 0.355. The van der Waals surface area contributed by atoms with E-state index in [0.717, 1.165) is 16.7 Å². The monoisotopic (exact) mass is 329 g/mol. The molecule has 3 rings (SSSR count). The number of aromatic amines is 1. The van der Waals surface area contributed by atoms with Crippen LogP contribution in [0.1, 0.15) is 0 Å². The van der Waals surface area contributed by atoms with Gasteiger partial charge in [0, 0.05) is 23.9 Å². The highest BCUT2D eigenvalue weighted by Gasteiger charge is 2.11. The van der Waals surface area contributed by atoms with Crippen LogP contribution < -0.4 is 24.3 Å². The van der Waals surface area contributed by atoms with Gasteiger partial charge in [-0.3, -0.25) is 0 Å². The third-order valence-electron chi connectivity index (χ3n) is 3.63. The van der Waals surface area contributed by atoms with Gasteiger partial charge in [-0.2, -0.15) is 0 Å². The molecule has 0 aliphatic carbocycles. The largest absolute Gasteiger partial charge is 0.493 e. The fourth-order valence-electron chi connectivity index (χ4n) is 2.45. The Bertz CT molecular complexity index is 819. The normalized spacial score (nSPS) is 10.5. The zero-order chi connectivity index (χ0) is 17.1. The molecule has 0 bridgehead atoms. The fourth-order valence-corrected chi connectivity index (χ4v) is 2.45. The zero-order valence-corrected chi connectivity index (χ0v) is 14.0. The van der Waals surface area contributed by atoms with E-state index in [1.165, 1.54) is 0 Å². The van der Waals surface area contributed by atoms with Crippen molar-refractivity contribution in [3.8, 4) is 23.0 Å². The highest BCUT2D eigenvalue weighted by Crippen LogP contribution is 2.33. The molecule has 2 N–H and O–H groups in total. The number of aromatic nitrogens is 2. The summed E-state index contributed by atoms with van der Waals surface area (Å²) in [4.78, 5) is 7.72. The molecule has 24 heavy (non-hydrogen) atoms. The van der Waals surface area contributed by atoms with Gasteiger partial charge in [0.05, 0.1) is 39.5 Å². The highest BCUT2D eigenvalue weighted by molar-refractivity contribution is 5.82. The van der Waals surface area contributed by atoms with Crippen LogP contribution in [0.4, 0.5) is 11.6 Å². The molecule has 1 heterocycles. The molecule has 7 heteroatoms. The van der Waals surface area contributed by atoms with Gasteiger partial charge in [-0.1, -0.05) is 0 Å². The van der Waals surface area contributed by atoms with Crippen LogP contribution in [0.3, 0.4) is 0 Å². The van der Waals surface area contributed by atoms with Gasteiger partial charge >= 0.3 is 0 Å². The minimum absolute atomic E-state index is 0.604. The summed E-state index contributed by atoms with van der Waals surface area (Å²) in [6.07, 6.45) is 0. The molecule has 0 saturated carbocycles. The first-order valence-corrected chi connectivity index (χ1v) is 7.29. The second kappa shape index (κ2) is 6.57. The molecule has 0 aliphatic rings. The maximum absolute atomic E-state index is 5.31.